The molecule has 128 valence electrons. The van der Waals surface area contributed by atoms with Crippen LogP contribution in [0.25, 0.3) is 5.52 Å². The molecule has 1 aliphatic rings. The predicted molar refractivity (Wildman–Crippen MR) is 97.9 cm³/mol. The van der Waals surface area contributed by atoms with E-state index >= 15 is 0 Å². The molecule has 0 radical (unpaired) electrons. The maximum atomic E-state index is 13.0. The summed E-state index contributed by atoms with van der Waals surface area (Å²) in [7, 11) is 0. The molecule has 2 atom stereocenters. The number of carbonyl (C=O) groups is 1. The highest BCUT2D eigenvalue weighted by Gasteiger charge is 2.31. The van der Waals surface area contributed by atoms with Crippen LogP contribution in [0.2, 0.25) is 5.02 Å². The number of amides is 1. The van der Waals surface area contributed by atoms with Crippen LogP contribution >= 0.6 is 11.6 Å². The first-order valence-corrected chi connectivity index (χ1v) is 8.72. The highest BCUT2D eigenvalue weighted by molar-refractivity contribution is 6.30. The lowest BCUT2D eigenvalue weighted by Gasteiger charge is -2.37. The number of rotatable bonds is 2. The van der Waals surface area contributed by atoms with Gasteiger partial charge >= 0.3 is 0 Å². The second-order valence-corrected chi connectivity index (χ2v) is 6.91. The average Bonchev–Trinajstić information content (AvgIpc) is 3.09. The molecule has 3 aromatic rings. The SMILES string of the molecule is N[C@@H]1CN(C(=O)c2cccn3cncc23)CC[C@H]1c1cccc(Cl)c1. The summed E-state index contributed by atoms with van der Waals surface area (Å²) in [6, 6.07) is 11.4. The molecule has 6 heteroatoms. The smallest absolute Gasteiger partial charge is 0.256 e. The molecular formula is C19H19ClN4O. The Labute approximate surface area is 151 Å². The Morgan fingerprint density at radius 2 is 2.16 bits per heavy atom. The minimum absolute atomic E-state index is 0.00564. The van der Waals surface area contributed by atoms with Crippen LogP contribution in [0.4, 0.5) is 0 Å². The number of aromatic nitrogens is 2. The molecule has 1 fully saturated rings. The van der Waals surface area contributed by atoms with Crippen molar-refractivity contribution >= 4 is 23.0 Å². The Morgan fingerprint density at radius 1 is 1.28 bits per heavy atom. The van der Waals surface area contributed by atoms with Gasteiger partial charge in [0.2, 0.25) is 0 Å². The molecule has 0 spiro atoms. The first-order chi connectivity index (χ1) is 12.1. The van der Waals surface area contributed by atoms with E-state index in [1.54, 1.807) is 12.5 Å². The van der Waals surface area contributed by atoms with Crippen molar-refractivity contribution in [2.24, 2.45) is 5.73 Å². The number of hydrogen-bond donors (Lipinski definition) is 1. The number of fused-ring (bicyclic) bond motifs is 1. The van der Waals surface area contributed by atoms with E-state index in [2.05, 4.69) is 11.1 Å². The summed E-state index contributed by atoms with van der Waals surface area (Å²) in [6.45, 7) is 1.21. The van der Waals surface area contributed by atoms with E-state index in [1.807, 2.05) is 45.8 Å². The lowest BCUT2D eigenvalue weighted by Crippen LogP contribution is -2.49. The second-order valence-electron chi connectivity index (χ2n) is 6.47. The number of imidazole rings is 1. The minimum atomic E-state index is -0.110. The van der Waals surface area contributed by atoms with Gasteiger partial charge in [-0.05, 0) is 36.2 Å². The van der Waals surface area contributed by atoms with Crippen molar-refractivity contribution in [3.8, 4) is 0 Å². The highest BCUT2D eigenvalue weighted by atomic mass is 35.5. The summed E-state index contributed by atoms with van der Waals surface area (Å²) in [6.07, 6.45) is 6.13. The van der Waals surface area contributed by atoms with Crippen molar-refractivity contribution in [3.05, 3.63) is 71.3 Å². The maximum Gasteiger partial charge on any atom is 0.256 e. The standard InChI is InChI=1S/C19H19ClN4O/c20-14-4-1-3-13(9-14)15-6-8-23(11-17(15)21)19(25)16-5-2-7-24-12-22-10-18(16)24/h1-5,7,9-10,12,15,17H,6,8,11,21H2/t15-,17+/m0/s1. The van der Waals surface area contributed by atoms with Gasteiger partial charge in [-0.25, -0.2) is 4.98 Å². The van der Waals surface area contributed by atoms with Crippen LogP contribution in [0.15, 0.2) is 55.1 Å². The summed E-state index contributed by atoms with van der Waals surface area (Å²) in [5.41, 5.74) is 9.03. The third-order valence-corrected chi connectivity index (χ3v) is 5.14. The van der Waals surface area contributed by atoms with Gasteiger partial charge in [-0.3, -0.25) is 4.79 Å². The fraction of sp³-hybridized carbons (Fsp3) is 0.263. The number of nitrogens with two attached hydrogens (primary N) is 1. The molecule has 1 aromatic carbocycles. The van der Waals surface area contributed by atoms with Crippen LogP contribution < -0.4 is 5.73 Å². The molecular weight excluding hydrogens is 336 g/mol. The first kappa shape index (κ1) is 16.1. The zero-order chi connectivity index (χ0) is 17.4. The van der Waals surface area contributed by atoms with Crippen molar-refractivity contribution in [2.45, 2.75) is 18.4 Å². The Balaban J connectivity index is 1.54. The number of likely N-dealkylation sites (tertiary alicyclic amines) is 1. The highest BCUT2D eigenvalue weighted by Crippen LogP contribution is 2.29. The molecule has 1 saturated heterocycles. The Hall–Kier alpha value is -2.37. The maximum absolute atomic E-state index is 13.0. The lowest BCUT2D eigenvalue weighted by molar-refractivity contribution is 0.0695. The number of pyridine rings is 1. The van der Waals surface area contributed by atoms with Gasteiger partial charge in [0.05, 0.1) is 23.6 Å². The Bertz CT molecular complexity index is 922. The van der Waals surface area contributed by atoms with Crippen LogP contribution in [0.5, 0.6) is 0 Å². The molecule has 4 rings (SSSR count). The summed E-state index contributed by atoms with van der Waals surface area (Å²) in [5, 5.41) is 0.718. The van der Waals surface area contributed by atoms with Crippen LogP contribution in [0, 0.1) is 0 Å². The van der Waals surface area contributed by atoms with Crippen LogP contribution in [0.1, 0.15) is 28.3 Å². The monoisotopic (exact) mass is 354 g/mol. The number of hydrogen-bond acceptors (Lipinski definition) is 3. The van der Waals surface area contributed by atoms with Gasteiger partial charge in [0.15, 0.2) is 0 Å². The number of halogens is 1. The van der Waals surface area contributed by atoms with E-state index in [0.717, 1.165) is 22.5 Å². The molecule has 1 aliphatic heterocycles. The summed E-state index contributed by atoms with van der Waals surface area (Å²) >= 11 is 6.10. The van der Waals surface area contributed by atoms with Crippen molar-refractivity contribution in [3.63, 3.8) is 0 Å². The topological polar surface area (TPSA) is 63.6 Å². The average molecular weight is 355 g/mol. The van der Waals surface area contributed by atoms with Crippen LogP contribution in [0.3, 0.4) is 0 Å². The van der Waals surface area contributed by atoms with Crippen molar-refractivity contribution < 1.29 is 4.79 Å². The summed E-state index contributed by atoms with van der Waals surface area (Å²) < 4.78 is 1.85. The fourth-order valence-electron chi connectivity index (χ4n) is 3.62. The summed E-state index contributed by atoms with van der Waals surface area (Å²) in [5.74, 6) is 0.222. The van der Waals surface area contributed by atoms with Gasteiger partial charge in [0.1, 0.15) is 0 Å². The molecule has 5 nitrogen and oxygen atoms in total. The molecule has 3 heterocycles. The van der Waals surface area contributed by atoms with Crippen molar-refractivity contribution in [1.29, 1.82) is 0 Å². The number of nitrogens with zero attached hydrogens (tertiary/aromatic N) is 3. The second kappa shape index (κ2) is 6.50. The lowest BCUT2D eigenvalue weighted by atomic mass is 9.85. The summed E-state index contributed by atoms with van der Waals surface area (Å²) in [4.78, 5) is 18.9. The van der Waals surface area contributed by atoms with Gasteiger partial charge in [0, 0.05) is 36.3 Å². The van der Waals surface area contributed by atoms with E-state index < -0.39 is 0 Å². The number of carbonyl (C=O) groups excluding carboxylic acids is 1. The number of benzene rings is 1. The quantitative estimate of drug-likeness (QED) is 0.769. The molecule has 0 aliphatic carbocycles. The van der Waals surface area contributed by atoms with Gasteiger partial charge in [0.25, 0.3) is 5.91 Å². The largest absolute Gasteiger partial charge is 0.337 e. The van der Waals surface area contributed by atoms with E-state index in [4.69, 9.17) is 17.3 Å². The van der Waals surface area contributed by atoms with Crippen LogP contribution in [-0.2, 0) is 0 Å². The molecule has 0 bridgehead atoms. The first-order valence-electron chi connectivity index (χ1n) is 8.34. The van der Waals surface area contributed by atoms with E-state index in [0.29, 0.717) is 18.7 Å². The fourth-order valence-corrected chi connectivity index (χ4v) is 3.82. The van der Waals surface area contributed by atoms with E-state index in [1.165, 1.54) is 0 Å². The predicted octanol–water partition coefficient (Wildman–Crippen LogP) is 2.94. The van der Waals surface area contributed by atoms with E-state index in [-0.39, 0.29) is 17.9 Å². The Kier molecular flexibility index (Phi) is 4.19. The zero-order valence-corrected chi connectivity index (χ0v) is 14.4. The molecule has 0 unspecified atom stereocenters. The van der Waals surface area contributed by atoms with Gasteiger partial charge < -0.3 is 15.0 Å². The van der Waals surface area contributed by atoms with Gasteiger partial charge in [-0.2, -0.15) is 0 Å². The van der Waals surface area contributed by atoms with Crippen molar-refractivity contribution in [1.82, 2.24) is 14.3 Å². The van der Waals surface area contributed by atoms with Crippen LogP contribution in [-0.4, -0.2) is 39.3 Å². The molecule has 0 saturated carbocycles. The molecule has 25 heavy (non-hydrogen) atoms. The zero-order valence-electron chi connectivity index (χ0n) is 13.7. The van der Waals surface area contributed by atoms with Gasteiger partial charge in [-0.1, -0.05) is 23.7 Å². The Morgan fingerprint density at radius 3 is 2.96 bits per heavy atom. The minimum Gasteiger partial charge on any atom is -0.337 e. The van der Waals surface area contributed by atoms with Gasteiger partial charge in [-0.15, -0.1) is 0 Å². The third-order valence-electron chi connectivity index (χ3n) is 4.90. The third kappa shape index (κ3) is 3.01. The van der Waals surface area contributed by atoms with E-state index in [9.17, 15) is 4.79 Å². The molecule has 2 N–H and O–H groups in total. The number of piperidine rings is 1. The molecule has 1 amide bonds. The molecule has 2 aromatic heterocycles. The normalized spacial score (nSPS) is 20.8. The van der Waals surface area contributed by atoms with Crippen molar-refractivity contribution in [2.75, 3.05) is 13.1 Å².